The number of hydrogen-bond donors (Lipinski definition) is 0. The summed E-state index contributed by atoms with van der Waals surface area (Å²) in [5, 5.41) is 10.4. The Balaban J connectivity index is 1.57. The minimum Gasteiger partial charge on any atom is -0.299 e. The van der Waals surface area contributed by atoms with Crippen molar-refractivity contribution in [2.75, 3.05) is 0 Å². The molecule has 10 atom stereocenters. The molecule has 0 aromatic carbocycles. The van der Waals surface area contributed by atoms with Crippen LogP contribution < -0.4 is 0 Å². The lowest BCUT2D eigenvalue weighted by Gasteiger charge is -2.72. The predicted octanol–water partition coefficient (Wildman–Crippen LogP) is 8.06. The van der Waals surface area contributed by atoms with Crippen molar-refractivity contribution < 1.29 is 4.79 Å². The van der Waals surface area contributed by atoms with Crippen LogP contribution in [0.2, 0.25) is 0 Å². The van der Waals surface area contributed by atoms with Crippen LogP contribution in [0.1, 0.15) is 113 Å². The van der Waals surface area contributed by atoms with E-state index in [0.29, 0.717) is 52.1 Å². The van der Waals surface area contributed by atoms with Gasteiger partial charge < -0.3 is 0 Å². The molecule has 5 aliphatic carbocycles. The molecule has 184 valence electrons. The molecule has 0 aromatic rings. The Bertz CT molecular complexity index is 882. The summed E-state index contributed by atoms with van der Waals surface area (Å²) in [5.74, 6) is 4.59. The van der Waals surface area contributed by atoms with Gasteiger partial charge in [0.2, 0.25) is 0 Å². The number of nitriles is 1. The van der Waals surface area contributed by atoms with E-state index >= 15 is 0 Å². The molecule has 5 aliphatic rings. The fourth-order valence-corrected chi connectivity index (χ4v) is 12.0. The summed E-state index contributed by atoms with van der Waals surface area (Å²) in [5.41, 5.74) is 0.651. The largest absolute Gasteiger partial charge is 0.299 e. The highest BCUT2D eigenvalue weighted by atomic mass is 16.1. The molecule has 0 amide bonds. The minimum absolute atomic E-state index is 0.0584. The van der Waals surface area contributed by atoms with Crippen molar-refractivity contribution in [2.45, 2.75) is 113 Å². The zero-order chi connectivity index (χ0) is 24.2. The zero-order valence-corrected chi connectivity index (χ0v) is 22.8. The number of ketones is 1. The number of nitrogens with zero attached hydrogens (tertiary/aromatic N) is 1. The van der Waals surface area contributed by atoms with Gasteiger partial charge in [0.25, 0.3) is 0 Å². The third kappa shape index (κ3) is 2.75. The zero-order valence-electron chi connectivity index (χ0n) is 22.8. The van der Waals surface area contributed by atoms with Crippen LogP contribution in [-0.4, -0.2) is 5.78 Å². The Morgan fingerprint density at radius 2 is 1.58 bits per heavy atom. The van der Waals surface area contributed by atoms with Gasteiger partial charge in [-0.1, -0.05) is 55.4 Å². The number of Topliss-reactive ketones (excluding diaryl/α,β-unsaturated/α-hetero) is 1. The van der Waals surface area contributed by atoms with E-state index in [4.69, 9.17) is 0 Å². The SMILES string of the molecule is CC(C)[C@@H]1CC[C@]2(C#N)CC[C@]3(C)[C@H](CC[C@@H]4[C@]5(C)C[C@@H](C)C(=O)C(C)(C)[C@H]5CC[C@]43C)[C@@H]12. The van der Waals surface area contributed by atoms with E-state index in [1.54, 1.807) is 0 Å². The Hall–Kier alpha value is -0.840. The van der Waals surface area contributed by atoms with Gasteiger partial charge in [-0.05, 0) is 110 Å². The van der Waals surface area contributed by atoms with E-state index in [1.807, 2.05) is 0 Å². The summed E-state index contributed by atoms with van der Waals surface area (Å²) in [7, 11) is 0. The summed E-state index contributed by atoms with van der Waals surface area (Å²) in [4.78, 5) is 13.2. The third-order valence-corrected chi connectivity index (χ3v) is 13.5. The van der Waals surface area contributed by atoms with E-state index in [1.165, 1.54) is 38.5 Å². The maximum Gasteiger partial charge on any atom is 0.141 e. The number of carbonyl (C=O) groups is 1. The highest BCUT2D eigenvalue weighted by Crippen LogP contribution is 2.77. The molecule has 0 spiro atoms. The molecule has 0 aliphatic heterocycles. The summed E-state index contributed by atoms with van der Waals surface area (Å²) in [6.07, 6.45) is 10.9. The van der Waals surface area contributed by atoms with Crippen LogP contribution in [0.25, 0.3) is 0 Å². The van der Waals surface area contributed by atoms with Crippen molar-refractivity contribution in [1.29, 1.82) is 5.26 Å². The molecular weight excluding hydrogens is 402 g/mol. The first kappa shape index (κ1) is 23.9. The van der Waals surface area contributed by atoms with Crippen LogP contribution in [0.5, 0.6) is 0 Å². The lowest BCUT2D eigenvalue weighted by Crippen LogP contribution is -2.67. The fourth-order valence-electron chi connectivity index (χ4n) is 12.0. The third-order valence-electron chi connectivity index (χ3n) is 13.5. The molecule has 0 saturated heterocycles. The fraction of sp³-hybridized carbons (Fsp3) is 0.935. The number of fused-ring (bicyclic) bond motifs is 7. The van der Waals surface area contributed by atoms with Gasteiger partial charge in [-0.2, -0.15) is 5.26 Å². The highest BCUT2D eigenvalue weighted by molar-refractivity contribution is 5.87. The molecule has 0 radical (unpaired) electrons. The van der Waals surface area contributed by atoms with Gasteiger partial charge in [-0.15, -0.1) is 0 Å². The van der Waals surface area contributed by atoms with Gasteiger partial charge in [0.1, 0.15) is 5.78 Å². The highest BCUT2D eigenvalue weighted by Gasteiger charge is 2.71. The smallest absolute Gasteiger partial charge is 0.141 e. The van der Waals surface area contributed by atoms with Crippen molar-refractivity contribution >= 4 is 5.78 Å². The molecule has 0 aromatic heterocycles. The predicted molar refractivity (Wildman–Crippen MR) is 134 cm³/mol. The first-order valence-electron chi connectivity index (χ1n) is 14.2. The summed E-state index contributed by atoms with van der Waals surface area (Å²) < 4.78 is 0. The Kier molecular flexibility index (Phi) is 5.14. The Morgan fingerprint density at radius 3 is 2.21 bits per heavy atom. The lowest BCUT2D eigenvalue weighted by molar-refractivity contribution is -0.235. The summed E-state index contributed by atoms with van der Waals surface area (Å²) >= 11 is 0. The lowest BCUT2D eigenvalue weighted by atomic mass is 9.32. The first-order chi connectivity index (χ1) is 15.3. The van der Waals surface area contributed by atoms with Crippen molar-refractivity contribution in [3.05, 3.63) is 0 Å². The molecule has 5 rings (SSSR count). The first-order valence-corrected chi connectivity index (χ1v) is 14.2. The molecular formula is C31H49NO. The maximum absolute atomic E-state index is 13.2. The van der Waals surface area contributed by atoms with Crippen molar-refractivity contribution in [1.82, 2.24) is 0 Å². The van der Waals surface area contributed by atoms with Gasteiger partial charge in [-0.25, -0.2) is 0 Å². The normalized spacial score (nSPS) is 55.2. The average Bonchev–Trinajstić information content (AvgIpc) is 3.13. The van der Waals surface area contributed by atoms with E-state index < -0.39 is 0 Å². The summed E-state index contributed by atoms with van der Waals surface area (Å²) in [6.45, 7) is 19.5. The van der Waals surface area contributed by atoms with Gasteiger partial charge in [0.05, 0.1) is 11.5 Å². The van der Waals surface area contributed by atoms with Gasteiger partial charge >= 0.3 is 0 Å². The second-order valence-electron chi connectivity index (χ2n) is 15.1. The average molecular weight is 452 g/mol. The van der Waals surface area contributed by atoms with Crippen LogP contribution in [-0.2, 0) is 4.79 Å². The van der Waals surface area contributed by atoms with Gasteiger partial charge in [0.15, 0.2) is 0 Å². The Labute approximate surface area is 203 Å². The van der Waals surface area contributed by atoms with Crippen molar-refractivity contribution in [2.24, 2.45) is 68.5 Å². The molecule has 2 nitrogen and oxygen atoms in total. The van der Waals surface area contributed by atoms with Crippen molar-refractivity contribution in [3.8, 4) is 6.07 Å². The molecule has 2 heteroatoms. The van der Waals surface area contributed by atoms with Crippen molar-refractivity contribution in [3.63, 3.8) is 0 Å². The standard InChI is InChI=1S/C31H49NO/c1-19(2)21-11-14-31(18-32)16-15-29(7)22(25(21)31)9-10-24-28(6)17-20(3)26(33)27(4,5)23(28)12-13-30(24,29)8/h19-25H,9-17H2,1-8H3/t20-,21+,22-,23-,24-,25-,28-,29-,30-,31-/m1/s1. The van der Waals surface area contributed by atoms with Gasteiger partial charge in [-0.3, -0.25) is 4.79 Å². The second-order valence-corrected chi connectivity index (χ2v) is 15.1. The van der Waals surface area contributed by atoms with Crippen LogP contribution in [0.3, 0.4) is 0 Å². The second kappa shape index (κ2) is 7.11. The minimum atomic E-state index is -0.192. The molecule has 5 fully saturated rings. The maximum atomic E-state index is 13.2. The molecule has 0 bridgehead atoms. The van der Waals surface area contributed by atoms with E-state index in [2.05, 4.69) is 61.5 Å². The molecule has 5 saturated carbocycles. The number of rotatable bonds is 1. The number of hydrogen-bond acceptors (Lipinski definition) is 2. The van der Waals surface area contributed by atoms with E-state index in [-0.39, 0.29) is 22.2 Å². The molecule has 0 heterocycles. The van der Waals surface area contributed by atoms with Crippen LogP contribution in [0.4, 0.5) is 0 Å². The summed E-state index contributed by atoms with van der Waals surface area (Å²) in [6, 6.07) is 2.94. The van der Waals surface area contributed by atoms with Crippen LogP contribution >= 0.6 is 0 Å². The number of carbonyl (C=O) groups excluding carboxylic acids is 1. The topological polar surface area (TPSA) is 40.9 Å². The van der Waals surface area contributed by atoms with Gasteiger partial charge in [0, 0.05) is 11.3 Å². The quantitative estimate of drug-likeness (QED) is 0.404. The Morgan fingerprint density at radius 1 is 0.879 bits per heavy atom. The molecule has 33 heavy (non-hydrogen) atoms. The molecule has 0 N–H and O–H groups in total. The van der Waals surface area contributed by atoms with E-state index in [9.17, 15) is 10.1 Å². The van der Waals surface area contributed by atoms with Crippen LogP contribution in [0.15, 0.2) is 0 Å². The van der Waals surface area contributed by atoms with E-state index in [0.717, 1.165) is 19.3 Å². The monoisotopic (exact) mass is 451 g/mol. The van der Waals surface area contributed by atoms with Crippen LogP contribution in [0, 0.1) is 79.8 Å². The molecule has 0 unspecified atom stereocenters.